The molecule has 2 aromatic rings. The van der Waals surface area contributed by atoms with Gasteiger partial charge in [0.2, 0.25) is 0 Å². The number of aromatic nitrogens is 3. The van der Waals surface area contributed by atoms with Gasteiger partial charge in [0.25, 0.3) is 5.91 Å². The second kappa shape index (κ2) is 5.66. The monoisotopic (exact) mass is 282 g/mol. The smallest absolute Gasteiger partial charge is 0.262 e. The number of carbonyl (C=O) groups is 1. The predicted molar refractivity (Wildman–Crippen MR) is 69.9 cm³/mol. The van der Waals surface area contributed by atoms with Crippen LogP contribution in [-0.2, 0) is 4.79 Å². The summed E-state index contributed by atoms with van der Waals surface area (Å²) in [6.45, 7) is 0. The second-order valence-electron chi connectivity index (χ2n) is 3.31. The van der Waals surface area contributed by atoms with Gasteiger partial charge < -0.3 is 0 Å². The Morgan fingerprint density at radius 1 is 1.22 bits per heavy atom. The number of amides is 1. The molecule has 0 saturated carbocycles. The third-order valence-corrected chi connectivity index (χ3v) is 2.72. The Balaban J connectivity index is 2.09. The molecule has 0 aliphatic rings. The molecule has 1 amide bonds. The van der Waals surface area contributed by atoms with Crippen LogP contribution in [-0.4, -0.2) is 20.8 Å². The molecule has 0 aliphatic heterocycles. The number of hydrogen-bond donors (Lipinski definition) is 1. The third-order valence-electron chi connectivity index (χ3n) is 2.06. The van der Waals surface area contributed by atoms with Crippen LogP contribution < -0.4 is 5.43 Å². The van der Waals surface area contributed by atoms with Gasteiger partial charge >= 0.3 is 0 Å². The van der Waals surface area contributed by atoms with Crippen molar-refractivity contribution in [2.24, 2.45) is 0 Å². The largest absolute Gasteiger partial charge is 0.268 e. The highest BCUT2D eigenvalue weighted by Gasteiger charge is 2.02. The van der Waals surface area contributed by atoms with Crippen molar-refractivity contribution in [3.8, 4) is 0 Å². The van der Waals surface area contributed by atoms with Crippen LogP contribution in [0.4, 0.5) is 0 Å². The fraction of sp³-hybridized carbons (Fsp3) is 0. The van der Waals surface area contributed by atoms with E-state index in [1.165, 1.54) is 23.4 Å². The number of nitrogens with zero attached hydrogens (tertiary/aromatic N) is 3. The van der Waals surface area contributed by atoms with E-state index in [9.17, 15) is 4.79 Å². The number of benzene rings is 1. The van der Waals surface area contributed by atoms with Gasteiger partial charge in [-0.05, 0) is 18.2 Å². The molecule has 1 aromatic heterocycles. The third kappa shape index (κ3) is 3.09. The Bertz CT molecular complexity index is 560. The van der Waals surface area contributed by atoms with Crippen LogP contribution in [0.1, 0.15) is 5.56 Å². The lowest BCUT2D eigenvalue weighted by atomic mass is 10.2. The van der Waals surface area contributed by atoms with Crippen LogP contribution in [0.15, 0.2) is 36.9 Å². The summed E-state index contributed by atoms with van der Waals surface area (Å²) in [6.07, 6.45) is 5.61. The molecule has 5 nitrogen and oxygen atoms in total. The summed E-state index contributed by atoms with van der Waals surface area (Å²) >= 11 is 11.9. The average molecular weight is 283 g/mol. The van der Waals surface area contributed by atoms with Crippen molar-refractivity contribution in [2.45, 2.75) is 0 Å². The van der Waals surface area contributed by atoms with Gasteiger partial charge in [-0.1, -0.05) is 29.3 Å². The van der Waals surface area contributed by atoms with Crippen LogP contribution in [0.5, 0.6) is 0 Å². The lowest BCUT2D eigenvalue weighted by Gasteiger charge is -2.02. The minimum atomic E-state index is -0.342. The molecule has 0 unspecified atom stereocenters. The average Bonchev–Trinajstić information content (AvgIpc) is 2.81. The van der Waals surface area contributed by atoms with Crippen LogP contribution >= 0.6 is 23.2 Å². The van der Waals surface area contributed by atoms with Gasteiger partial charge in [-0.15, -0.1) is 10.2 Å². The van der Waals surface area contributed by atoms with E-state index in [1.807, 2.05) is 0 Å². The van der Waals surface area contributed by atoms with E-state index in [4.69, 9.17) is 23.2 Å². The predicted octanol–water partition coefficient (Wildman–Crippen LogP) is 2.37. The van der Waals surface area contributed by atoms with E-state index in [0.29, 0.717) is 15.6 Å². The van der Waals surface area contributed by atoms with Crippen molar-refractivity contribution < 1.29 is 4.79 Å². The zero-order chi connectivity index (χ0) is 13.0. The van der Waals surface area contributed by atoms with Gasteiger partial charge in [-0.2, -0.15) is 0 Å². The summed E-state index contributed by atoms with van der Waals surface area (Å²) in [4.78, 5) is 11.5. The van der Waals surface area contributed by atoms with Crippen LogP contribution in [0.3, 0.4) is 0 Å². The summed E-state index contributed by atoms with van der Waals surface area (Å²) in [5, 5.41) is 8.07. The molecule has 0 spiro atoms. The maximum absolute atomic E-state index is 11.5. The zero-order valence-corrected chi connectivity index (χ0v) is 10.6. The number of hydrogen-bond acceptors (Lipinski definition) is 3. The zero-order valence-electron chi connectivity index (χ0n) is 9.05. The highest BCUT2D eigenvalue weighted by atomic mass is 35.5. The summed E-state index contributed by atoms with van der Waals surface area (Å²) in [7, 11) is 0. The molecule has 0 radical (unpaired) electrons. The summed E-state index contributed by atoms with van der Waals surface area (Å²) in [6, 6.07) is 5.13. The first-order valence-corrected chi connectivity index (χ1v) is 5.70. The fourth-order valence-electron chi connectivity index (χ4n) is 1.25. The number of nitrogens with one attached hydrogen (secondary N) is 1. The molecule has 0 fully saturated rings. The first-order valence-electron chi connectivity index (χ1n) is 4.94. The molecule has 0 aliphatic carbocycles. The molecule has 18 heavy (non-hydrogen) atoms. The molecule has 1 N–H and O–H groups in total. The lowest BCUT2D eigenvalue weighted by Crippen LogP contribution is -2.18. The van der Waals surface area contributed by atoms with Crippen LogP contribution in [0.2, 0.25) is 10.0 Å². The summed E-state index contributed by atoms with van der Waals surface area (Å²) in [5.74, 6) is -0.342. The van der Waals surface area contributed by atoms with Gasteiger partial charge in [0, 0.05) is 21.7 Å². The van der Waals surface area contributed by atoms with Crippen molar-refractivity contribution in [3.63, 3.8) is 0 Å². The Morgan fingerprint density at radius 3 is 2.44 bits per heavy atom. The van der Waals surface area contributed by atoms with Crippen LogP contribution in [0.25, 0.3) is 6.08 Å². The maximum atomic E-state index is 11.5. The van der Waals surface area contributed by atoms with Crippen molar-refractivity contribution in [3.05, 3.63) is 52.5 Å². The van der Waals surface area contributed by atoms with Gasteiger partial charge in [-0.3, -0.25) is 10.2 Å². The highest BCUT2D eigenvalue weighted by Crippen LogP contribution is 2.25. The molecule has 2 rings (SSSR count). The van der Waals surface area contributed by atoms with Crippen molar-refractivity contribution in [1.29, 1.82) is 0 Å². The highest BCUT2D eigenvalue weighted by molar-refractivity contribution is 6.37. The van der Waals surface area contributed by atoms with E-state index in [0.717, 1.165) is 0 Å². The van der Waals surface area contributed by atoms with E-state index in [1.54, 1.807) is 24.3 Å². The molecule has 0 atom stereocenters. The lowest BCUT2D eigenvalue weighted by molar-refractivity contribution is -0.112. The van der Waals surface area contributed by atoms with E-state index in [-0.39, 0.29) is 5.91 Å². The minimum Gasteiger partial charge on any atom is -0.268 e. The first-order chi connectivity index (χ1) is 8.66. The summed E-state index contributed by atoms with van der Waals surface area (Å²) < 4.78 is 1.33. The van der Waals surface area contributed by atoms with Gasteiger partial charge in [-0.25, -0.2) is 4.68 Å². The van der Waals surface area contributed by atoms with Crippen molar-refractivity contribution in [1.82, 2.24) is 14.9 Å². The second-order valence-corrected chi connectivity index (χ2v) is 4.13. The first kappa shape index (κ1) is 12.6. The number of carbonyl (C=O) groups excluding carboxylic acids is 1. The Morgan fingerprint density at radius 2 is 1.83 bits per heavy atom. The van der Waals surface area contributed by atoms with Crippen molar-refractivity contribution >= 4 is 35.2 Å². The Hall–Kier alpha value is -1.85. The van der Waals surface area contributed by atoms with E-state index < -0.39 is 0 Å². The molecular weight excluding hydrogens is 275 g/mol. The summed E-state index contributed by atoms with van der Waals surface area (Å²) in [5.41, 5.74) is 3.11. The van der Waals surface area contributed by atoms with E-state index in [2.05, 4.69) is 15.6 Å². The Labute approximate surface area is 113 Å². The Kier molecular flexibility index (Phi) is 3.96. The topological polar surface area (TPSA) is 59.8 Å². The molecule has 0 bridgehead atoms. The minimum absolute atomic E-state index is 0.342. The van der Waals surface area contributed by atoms with Gasteiger partial charge in [0.15, 0.2) is 0 Å². The quantitative estimate of drug-likeness (QED) is 0.880. The van der Waals surface area contributed by atoms with Gasteiger partial charge in [0.05, 0.1) is 0 Å². The fourth-order valence-corrected chi connectivity index (χ4v) is 1.78. The van der Waals surface area contributed by atoms with Gasteiger partial charge in [0.1, 0.15) is 12.7 Å². The maximum Gasteiger partial charge on any atom is 0.262 e. The molecule has 7 heteroatoms. The SMILES string of the molecule is O=C(/C=C/c1c(Cl)cccc1Cl)Nn1cnnc1. The number of rotatable bonds is 3. The molecular formula is C11H8Cl2N4O. The number of halogens is 2. The standard InChI is InChI=1S/C11H8Cl2N4O/c12-9-2-1-3-10(13)8(9)4-5-11(18)16-17-6-14-15-7-17/h1-7H,(H,16,18)/b5-4+. The normalized spacial score (nSPS) is 10.8. The molecule has 92 valence electrons. The molecule has 1 heterocycles. The molecule has 0 saturated heterocycles. The van der Waals surface area contributed by atoms with E-state index >= 15 is 0 Å². The van der Waals surface area contributed by atoms with Crippen LogP contribution in [0, 0.1) is 0 Å². The molecule has 1 aromatic carbocycles. The van der Waals surface area contributed by atoms with Crippen molar-refractivity contribution in [2.75, 3.05) is 5.43 Å².